The third kappa shape index (κ3) is 3.30. The van der Waals surface area contributed by atoms with Crippen molar-refractivity contribution in [3.63, 3.8) is 0 Å². The summed E-state index contributed by atoms with van der Waals surface area (Å²) in [5.74, 6) is 0.179. The van der Waals surface area contributed by atoms with Crippen LogP contribution in [0.25, 0.3) is 0 Å². The number of aromatic hydroxyl groups is 1. The maximum absolute atomic E-state index is 9.84. The van der Waals surface area contributed by atoms with Gasteiger partial charge in [-0.2, -0.15) is 0 Å². The van der Waals surface area contributed by atoms with Crippen molar-refractivity contribution in [3.05, 3.63) is 52.0 Å². The third-order valence-corrected chi connectivity index (χ3v) is 3.58. The number of halogens is 2. The van der Waals surface area contributed by atoms with E-state index in [9.17, 15) is 5.11 Å². The summed E-state index contributed by atoms with van der Waals surface area (Å²) in [5, 5.41) is 14.3. The molecule has 5 heteroatoms. The Morgan fingerprint density at radius 1 is 1.15 bits per heavy atom. The van der Waals surface area contributed by atoms with E-state index in [-0.39, 0.29) is 5.75 Å². The van der Waals surface area contributed by atoms with Crippen LogP contribution in [0.3, 0.4) is 0 Å². The van der Waals surface area contributed by atoms with Crippen LogP contribution in [0, 0.1) is 0 Å². The van der Waals surface area contributed by atoms with E-state index < -0.39 is 0 Å². The molecule has 2 rings (SSSR count). The summed E-state index contributed by atoms with van der Waals surface area (Å²) in [6, 6.07) is 10.7. The molecule has 0 radical (unpaired) electrons. The molecule has 2 aromatic carbocycles. The Morgan fingerprint density at radius 3 is 2.55 bits per heavy atom. The smallest absolute Gasteiger partial charge is 0.122 e. The van der Waals surface area contributed by atoms with Gasteiger partial charge < -0.3 is 15.3 Å². The molecule has 0 aromatic heterocycles. The van der Waals surface area contributed by atoms with Gasteiger partial charge in [0.05, 0.1) is 11.4 Å². The average molecular weight is 311 g/mol. The molecule has 0 amide bonds. The molecule has 0 spiro atoms. The molecule has 2 N–H and O–H groups in total. The molecular formula is C15H16Cl2N2O. The number of benzene rings is 2. The molecule has 0 aliphatic rings. The molecule has 0 aliphatic heterocycles. The summed E-state index contributed by atoms with van der Waals surface area (Å²) in [6.07, 6.45) is 0. The lowest BCUT2D eigenvalue weighted by Crippen LogP contribution is -2.12. The highest BCUT2D eigenvalue weighted by atomic mass is 35.5. The minimum Gasteiger partial charge on any atom is -0.508 e. The summed E-state index contributed by atoms with van der Waals surface area (Å²) in [4.78, 5) is 1.99. The second-order valence-electron chi connectivity index (χ2n) is 4.65. The molecule has 3 nitrogen and oxygen atoms in total. The summed E-state index contributed by atoms with van der Waals surface area (Å²) in [6.45, 7) is 0.423. The van der Waals surface area contributed by atoms with Gasteiger partial charge in [0.25, 0.3) is 0 Å². The van der Waals surface area contributed by atoms with Crippen LogP contribution >= 0.6 is 23.2 Å². The predicted molar refractivity (Wildman–Crippen MR) is 86.2 cm³/mol. The number of anilines is 2. The van der Waals surface area contributed by atoms with Gasteiger partial charge >= 0.3 is 0 Å². The maximum atomic E-state index is 9.84. The zero-order chi connectivity index (χ0) is 14.7. The fourth-order valence-electron chi connectivity index (χ4n) is 1.95. The van der Waals surface area contributed by atoms with Crippen LogP contribution in [-0.4, -0.2) is 19.2 Å². The number of hydrogen-bond acceptors (Lipinski definition) is 3. The Morgan fingerprint density at radius 2 is 1.90 bits per heavy atom. The second kappa shape index (κ2) is 6.25. The van der Waals surface area contributed by atoms with E-state index >= 15 is 0 Å². The minimum atomic E-state index is 0.179. The molecule has 106 valence electrons. The van der Waals surface area contributed by atoms with E-state index in [1.807, 2.05) is 37.2 Å². The Balaban J connectivity index is 2.25. The predicted octanol–water partition coefficient (Wildman–Crippen LogP) is 4.38. The standard InChI is InChI=1S/C15H16Cl2N2O/c1-19(2)14-7-6-10(16)8-13(14)18-9-11-12(17)4-3-5-15(11)20/h3-8,18,20H,9H2,1-2H3. The molecule has 0 atom stereocenters. The monoisotopic (exact) mass is 310 g/mol. The molecule has 0 heterocycles. The first kappa shape index (κ1) is 14.8. The molecule has 0 saturated carbocycles. The van der Waals surface area contributed by atoms with Crippen molar-refractivity contribution in [3.8, 4) is 5.75 Å². The Labute approximate surface area is 128 Å². The topological polar surface area (TPSA) is 35.5 Å². The lowest BCUT2D eigenvalue weighted by Gasteiger charge is -2.19. The van der Waals surface area contributed by atoms with E-state index in [0.717, 1.165) is 11.4 Å². The van der Waals surface area contributed by atoms with Crippen molar-refractivity contribution in [1.82, 2.24) is 0 Å². The van der Waals surface area contributed by atoms with Gasteiger partial charge in [0.1, 0.15) is 5.75 Å². The second-order valence-corrected chi connectivity index (χ2v) is 5.49. The van der Waals surface area contributed by atoms with E-state index in [1.165, 1.54) is 0 Å². The van der Waals surface area contributed by atoms with Gasteiger partial charge in [0.2, 0.25) is 0 Å². The average Bonchev–Trinajstić information content (AvgIpc) is 2.37. The lowest BCUT2D eigenvalue weighted by atomic mass is 10.2. The summed E-state index contributed by atoms with van der Waals surface area (Å²) in [7, 11) is 3.92. The first-order chi connectivity index (χ1) is 9.49. The molecule has 0 bridgehead atoms. The van der Waals surface area contributed by atoms with Gasteiger partial charge in [-0.15, -0.1) is 0 Å². The van der Waals surface area contributed by atoms with Gasteiger partial charge in [-0.3, -0.25) is 0 Å². The van der Waals surface area contributed by atoms with Crippen LogP contribution in [0.2, 0.25) is 10.0 Å². The number of nitrogens with one attached hydrogen (secondary N) is 1. The van der Waals surface area contributed by atoms with Gasteiger partial charge in [-0.25, -0.2) is 0 Å². The fourth-order valence-corrected chi connectivity index (χ4v) is 2.35. The van der Waals surface area contributed by atoms with E-state index in [2.05, 4.69) is 5.32 Å². The van der Waals surface area contributed by atoms with E-state index in [1.54, 1.807) is 18.2 Å². The van der Waals surface area contributed by atoms with Crippen molar-refractivity contribution in [2.24, 2.45) is 0 Å². The molecule has 0 saturated heterocycles. The zero-order valence-corrected chi connectivity index (χ0v) is 12.8. The van der Waals surface area contributed by atoms with Crippen LogP contribution < -0.4 is 10.2 Å². The van der Waals surface area contributed by atoms with Crippen molar-refractivity contribution in [1.29, 1.82) is 0 Å². The normalized spacial score (nSPS) is 10.4. The maximum Gasteiger partial charge on any atom is 0.122 e. The van der Waals surface area contributed by atoms with Crippen molar-refractivity contribution in [2.75, 3.05) is 24.3 Å². The number of rotatable bonds is 4. The van der Waals surface area contributed by atoms with Crippen molar-refractivity contribution in [2.45, 2.75) is 6.54 Å². The van der Waals surface area contributed by atoms with E-state index in [0.29, 0.717) is 22.2 Å². The van der Waals surface area contributed by atoms with Crippen LogP contribution in [0.15, 0.2) is 36.4 Å². The van der Waals surface area contributed by atoms with Crippen LogP contribution in [-0.2, 0) is 6.54 Å². The number of hydrogen-bond donors (Lipinski definition) is 2. The van der Waals surface area contributed by atoms with Crippen LogP contribution in [0.4, 0.5) is 11.4 Å². The minimum absolute atomic E-state index is 0.179. The first-order valence-corrected chi connectivity index (χ1v) is 6.91. The van der Waals surface area contributed by atoms with Crippen LogP contribution in [0.5, 0.6) is 5.75 Å². The van der Waals surface area contributed by atoms with Gasteiger partial charge in [-0.1, -0.05) is 29.3 Å². The van der Waals surface area contributed by atoms with E-state index in [4.69, 9.17) is 23.2 Å². The van der Waals surface area contributed by atoms with Crippen molar-refractivity contribution >= 4 is 34.6 Å². The highest BCUT2D eigenvalue weighted by Gasteiger charge is 2.09. The van der Waals surface area contributed by atoms with Crippen LogP contribution in [0.1, 0.15) is 5.56 Å². The summed E-state index contributed by atoms with van der Waals surface area (Å²) >= 11 is 12.1. The SMILES string of the molecule is CN(C)c1ccc(Cl)cc1NCc1c(O)cccc1Cl. The Bertz CT molecular complexity index is 595. The van der Waals surface area contributed by atoms with Crippen molar-refractivity contribution < 1.29 is 5.11 Å². The first-order valence-electron chi connectivity index (χ1n) is 6.16. The Hall–Kier alpha value is -1.58. The number of phenols is 1. The largest absolute Gasteiger partial charge is 0.508 e. The molecular weight excluding hydrogens is 295 g/mol. The molecule has 0 aliphatic carbocycles. The summed E-state index contributed by atoms with van der Waals surface area (Å²) in [5.41, 5.74) is 2.57. The highest BCUT2D eigenvalue weighted by molar-refractivity contribution is 6.31. The van der Waals surface area contributed by atoms with Gasteiger partial charge in [0, 0.05) is 36.2 Å². The molecule has 2 aromatic rings. The molecule has 20 heavy (non-hydrogen) atoms. The van der Waals surface area contributed by atoms with Gasteiger partial charge in [-0.05, 0) is 30.3 Å². The quantitative estimate of drug-likeness (QED) is 0.880. The highest BCUT2D eigenvalue weighted by Crippen LogP contribution is 2.30. The Kier molecular flexibility index (Phi) is 4.63. The fraction of sp³-hybridized carbons (Fsp3) is 0.200. The van der Waals surface area contributed by atoms with Gasteiger partial charge in [0.15, 0.2) is 0 Å². The lowest BCUT2D eigenvalue weighted by molar-refractivity contribution is 0.469. The number of nitrogens with zero attached hydrogens (tertiary/aromatic N) is 1. The molecule has 0 unspecified atom stereocenters. The third-order valence-electron chi connectivity index (χ3n) is 2.99. The number of phenolic OH excluding ortho intramolecular Hbond substituents is 1. The molecule has 0 fully saturated rings. The summed E-state index contributed by atoms with van der Waals surface area (Å²) < 4.78 is 0. The zero-order valence-electron chi connectivity index (χ0n) is 11.3.